The normalized spacial score (nSPS) is 10.6. The van der Waals surface area contributed by atoms with Crippen molar-refractivity contribution >= 4 is 15.9 Å². The van der Waals surface area contributed by atoms with E-state index in [0.29, 0.717) is 13.2 Å². The Hall–Kier alpha value is -1.16. The van der Waals surface area contributed by atoms with Gasteiger partial charge in [-0.2, -0.15) is 0 Å². The molecule has 19 heavy (non-hydrogen) atoms. The molecule has 0 saturated heterocycles. The van der Waals surface area contributed by atoms with Crippen molar-refractivity contribution < 1.29 is 4.74 Å². The van der Waals surface area contributed by atoms with Gasteiger partial charge in [0, 0.05) is 11.0 Å². The van der Waals surface area contributed by atoms with Crippen LogP contribution in [-0.4, -0.2) is 7.05 Å². The van der Waals surface area contributed by atoms with Crippen LogP contribution in [0.2, 0.25) is 0 Å². The molecule has 0 aliphatic carbocycles. The lowest BCUT2D eigenvalue weighted by Gasteiger charge is -2.07. The highest BCUT2D eigenvalue weighted by Gasteiger charge is 1.97. The summed E-state index contributed by atoms with van der Waals surface area (Å²) in [5, 5.41) is 3.15. The molecule has 2 aromatic rings. The average molecular weight is 320 g/mol. The first-order valence-electron chi connectivity index (χ1n) is 6.32. The second kappa shape index (κ2) is 7.43. The van der Waals surface area contributed by atoms with Crippen LogP contribution in [0.5, 0.6) is 0 Å². The molecular formula is C16H18BrNO. The van der Waals surface area contributed by atoms with E-state index in [0.717, 1.165) is 11.0 Å². The molecule has 0 spiro atoms. The fraction of sp³-hybridized carbons (Fsp3) is 0.250. The van der Waals surface area contributed by atoms with Gasteiger partial charge in [-0.05, 0) is 35.9 Å². The quantitative estimate of drug-likeness (QED) is 0.872. The largest absolute Gasteiger partial charge is 0.372 e. The zero-order chi connectivity index (χ0) is 13.5. The molecule has 0 bridgehead atoms. The summed E-state index contributed by atoms with van der Waals surface area (Å²) in [5.74, 6) is 0. The second-order valence-corrected chi connectivity index (χ2v) is 5.39. The Morgan fingerprint density at radius 1 is 0.947 bits per heavy atom. The van der Waals surface area contributed by atoms with E-state index >= 15 is 0 Å². The van der Waals surface area contributed by atoms with E-state index in [9.17, 15) is 0 Å². The highest BCUT2D eigenvalue weighted by Crippen LogP contribution is 2.12. The monoisotopic (exact) mass is 319 g/mol. The van der Waals surface area contributed by atoms with Crippen molar-refractivity contribution in [1.82, 2.24) is 5.32 Å². The summed E-state index contributed by atoms with van der Waals surface area (Å²) in [4.78, 5) is 0. The SMILES string of the molecule is CNCc1cccc(COCc2ccc(Br)cc2)c1. The summed E-state index contributed by atoms with van der Waals surface area (Å²) in [6.07, 6.45) is 0. The highest BCUT2D eigenvalue weighted by atomic mass is 79.9. The van der Waals surface area contributed by atoms with Crippen molar-refractivity contribution in [2.75, 3.05) is 7.05 Å². The molecule has 0 aliphatic rings. The highest BCUT2D eigenvalue weighted by molar-refractivity contribution is 9.10. The summed E-state index contributed by atoms with van der Waals surface area (Å²) in [7, 11) is 1.96. The van der Waals surface area contributed by atoms with Crippen LogP contribution in [0.25, 0.3) is 0 Å². The Balaban J connectivity index is 1.85. The minimum atomic E-state index is 0.642. The maximum absolute atomic E-state index is 5.74. The van der Waals surface area contributed by atoms with Gasteiger partial charge in [-0.25, -0.2) is 0 Å². The number of nitrogens with one attached hydrogen (secondary N) is 1. The number of hydrogen-bond acceptors (Lipinski definition) is 2. The molecule has 0 amide bonds. The van der Waals surface area contributed by atoms with Crippen LogP contribution >= 0.6 is 15.9 Å². The van der Waals surface area contributed by atoms with Crippen LogP contribution in [0.4, 0.5) is 0 Å². The number of ether oxygens (including phenoxy) is 1. The number of halogens is 1. The van der Waals surface area contributed by atoms with Crippen molar-refractivity contribution in [3.63, 3.8) is 0 Å². The number of benzene rings is 2. The molecule has 0 heterocycles. The van der Waals surface area contributed by atoms with Crippen molar-refractivity contribution in [1.29, 1.82) is 0 Å². The molecule has 100 valence electrons. The zero-order valence-electron chi connectivity index (χ0n) is 11.0. The molecule has 2 aromatic carbocycles. The van der Waals surface area contributed by atoms with Crippen LogP contribution in [0, 0.1) is 0 Å². The Morgan fingerprint density at radius 3 is 2.37 bits per heavy atom. The van der Waals surface area contributed by atoms with Gasteiger partial charge >= 0.3 is 0 Å². The predicted octanol–water partition coefficient (Wildman–Crippen LogP) is 3.89. The fourth-order valence-electron chi connectivity index (χ4n) is 1.90. The third-order valence-electron chi connectivity index (χ3n) is 2.82. The molecule has 0 saturated carbocycles. The molecule has 2 nitrogen and oxygen atoms in total. The Bertz CT molecular complexity index is 510. The second-order valence-electron chi connectivity index (χ2n) is 4.47. The molecule has 0 aliphatic heterocycles. The minimum absolute atomic E-state index is 0.642. The van der Waals surface area contributed by atoms with Gasteiger partial charge in [0.05, 0.1) is 13.2 Å². The van der Waals surface area contributed by atoms with E-state index in [1.54, 1.807) is 0 Å². The molecule has 0 radical (unpaired) electrons. The lowest BCUT2D eigenvalue weighted by atomic mass is 10.1. The summed E-state index contributed by atoms with van der Waals surface area (Å²) in [6, 6.07) is 16.7. The van der Waals surface area contributed by atoms with Gasteiger partial charge in [-0.3, -0.25) is 0 Å². The van der Waals surface area contributed by atoms with E-state index in [1.807, 2.05) is 19.2 Å². The molecule has 0 fully saturated rings. The van der Waals surface area contributed by atoms with Crippen LogP contribution in [-0.2, 0) is 24.5 Å². The first-order valence-corrected chi connectivity index (χ1v) is 7.12. The van der Waals surface area contributed by atoms with E-state index in [4.69, 9.17) is 4.74 Å². The number of hydrogen-bond donors (Lipinski definition) is 1. The topological polar surface area (TPSA) is 21.3 Å². The molecule has 2 rings (SSSR count). The molecule has 0 unspecified atom stereocenters. The molecular weight excluding hydrogens is 302 g/mol. The van der Waals surface area contributed by atoms with Crippen molar-refractivity contribution in [2.24, 2.45) is 0 Å². The van der Waals surface area contributed by atoms with Crippen LogP contribution < -0.4 is 5.32 Å². The van der Waals surface area contributed by atoms with Crippen molar-refractivity contribution in [2.45, 2.75) is 19.8 Å². The third-order valence-corrected chi connectivity index (χ3v) is 3.35. The molecule has 3 heteroatoms. The summed E-state index contributed by atoms with van der Waals surface area (Å²) in [6.45, 7) is 2.18. The van der Waals surface area contributed by atoms with Gasteiger partial charge in [0.2, 0.25) is 0 Å². The Labute approximate surface area is 122 Å². The van der Waals surface area contributed by atoms with Gasteiger partial charge in [-0.1, -0.05) is 52.3 Å². The van der Waals surface area contributed by atoms with E-state index in [-0.39, 0.29) is 0 Å². The minimum Gasteiger partial charge on any atom is -0.372 e. The summed E-state index contributed by atoms with van der Waals surface area (Å²) in [5.41, 5.74) is 3.69. The smallest absolute Gasteiger partial charge is 0.0721 e. The third kappa shape index (κ3) is 4.78. The molecule has 1 N–H and O–H groups in total. The maximum Gasteiger partial charge on any atom is 0.0721 e. The summed E-state index contributed by atoms with van der Waals surface area (Å²) < 4.78 is 6.84. The van der Waals surface area contributed by atoms with Crippen LogP contribution in [0.15, 0.2) is 53.0 Å². The van der Waals surface area contributed by atoms with Crippen molar-refractivity contribution in [3.05, 3.63) is 69.7 Å². The van der Waals surface area contributed by atoms with Gasteiger partial charge < -0.3 is 10.1 Å². The Morgan fingerprint density at radius 2 is 1.63 bits per heavy atom. The maximum atomic E-state index is 5.74. The van der Waals surface area contributed by atoms with E-state index < -0.39 is 0 Å². The average Bonchev–Trinajstić information content (AvgIpc) is 2.42. The molecule has 0 atom stereocenters. The van der Waals surface area contributed by atoms with Gasteiger partial charge in [0.1, 0.15) is 0 Å². The summed E-state index contributed by atoms with van der Waals surface area (Å²) >= 11 is 3.43. The lowest BCUT2D eigenvalue weighted by molar-refractivity contribution is 0.107. The first kappa shape index (κ1) is 14.3. The van der Waals surface area contributed by atoms with Crippen LogP contribution in [0.1, 0.15) is 16.7 Å². The van der Waals surface area contributed by atoms with Crippen LogP contribution in [0.3, 0.4) is 0 Å². The van der Waals surface area contributed by atoms with Crippen molar-refractivity contribution in [3.8, 4) is 0 Å². The fourth-order valence-corrected chi connectivity index (χ4v) is 2.17. The predicted molar refractivity (Wildman–Crippen MR) is 81.8 cm³/mol. The zero-order valence-corrected chi connectivity index (χ0v) is 12.6. The standard InChI is InChI=1S/C16H18BrNO/c1-18-10-14-3-2-4-15(9-14)12-19-11-13-5-7-16(17)8-6-13/h2-9,18H,10-12H2,1H3. The van der Waals surface area contributed by atoms with E-state index in [2.05, 4.69) is 57.6 Å². The first-order chi connectivity index (χ1) is 9.28. The lowest BCUT2D eigenvalue weighted by Crippen LogP contribution is -2.05. The number of rotatable bonds is 6. The van der Waals surface area contributed by atoms with Gasteiger partial charge in [-0.15, -0.1) is 0 Å². The van der Waals surface area contributed by atoms with E-state index in [1.165, 1.54) is 16.7 Å². The molecule has 0 aromatic heterocycles. The Kier molecular flexibility index (Phi) is 5.58. The van der Waals surface area contributed by atoms with Gasteiger partial charge in [0.25, 0.3) is 0 Å². The van der Waals surface area contributed by atoms with Gasteiger partial charge in [0.15, 0.2) is 0 Å².